The fraction of sp³-hybridized carbons (Fsp3) is 0.538. The number of fused-ring (bicyclic) bond motifs is 1. The van der Waals surface area contributed by atoms with Gasteiger partial charge in [-0.15, -0.1) is 11.6 Å². The van der Waals surface area contributed by atoms with Crippen molar-refractivity contribution in [2.75, 3.05) is 25.6 Å². The Morgan fingerprint density at radius 3 is 2.55 bits per heavy atom. The van der Waals surface area contributed by atoms with E-state index in [-0.39, 0.29) is 10.3 Å². The van der Waals surface area contributed by atoms with Crippen molar-refractivity contribution in [2.45, 2.75) is 17.7 Å². The smallest absolute Gasteiger partial charge is 0.240 e. The molecule has 1 saturated carbocycles. The highest BCUT2D eigenvalue weighted by Gasteiger charge is 2.42. The van der Waals surface area contributed by atoms with Crippen LogP contribution in [0.4, 0.5) is 0 Å². The molecule has 5 nitrogen and oxygen atoms in total. The first kappa shape index (κ1) is 14.0. The lowest BCUT2D eigenvalue weighted by atomic mass is 10.1. The molecule has 1 heterocycles. The molecule has 0 saturated heterocycles. The average molecular weight is 318 g/mol. The lowest BCUT2D eigenvalue weighted by Crippen LogP contribution is -2.31. The standard InChI is InChI=1S/C13H16ClNO4S/c14-8-13(3-4-13)9-15-20(16,17)10-1-2-11-12(7-10)19-6-5-18-11/h1-2,7,15H,3-6,8-9H2. The number of nitrogens with one attached hydrogen (secondary N) is 1. The van der Waals surface area contributed by atoms with Crippen LogP contribution in [-0.2, 0) is 10.0 Å². The Bertz CT molecular complexity index is 613. The van der Waals surface area contributed by atoms with Crippen molar-refractivity contribution in [3.05, 3.63) is 18.2 Å². The van der Waals surface area contributed by atoms with Crippen LogP contribution < -0.4 is 14.2 Å². The van der Waals surface area contributed by atoms with Crippen molar-refractivity contribution < 1.29 is 17.9 Å². The van der Waals surface area contributed by atoms with Crippen molar-refractivity contribution in [3.63, 3.8) is 0 Å². The summed E-state index contributed by atoms with van der Waals surface area (Å²) >= 11 is 5.85. The SMILES string of the molecule is O=S(=O)(NCC1(CCl)CC1)c1ccc2c(c1)OCCO2. The second-order valence-electron chi connectivity index (χ2n) is 5.26. The van der Waals surface area contributed by atoms with Gasteiger partial charge in [0.15, 0.2) is 11.5 Å². The van der Waals surface area contributed by atoms with Gasteiger partial charge in [0.1, 0.15) is 13.2 Å². The van der Waals surface area contributed by atoms with E-state index in [0.29, 0.717) is 37.1 Å². The minimum Gasteiger partial charge on any atom is -0.486 e. The molecule has 0 unspecified atom stereocenters. The molecule has 110 valence electrons. The van der Waals surface area contributed by atoms with Crippen LogP contribution in [0.25, 0.3) is 0 Å². The summed E-state index contributed by atoms with van der Waals surface area (Å²) in [5, 5.41) is 0. The largest absolute Gasteiger partial charge is 0.486 e. The molecule has 1 aliphatic carbocycles. The monoisotopic (exact) mass is 317 g/mol. The second-order valence-corrected chi connectivity index (χ2v) is 7.30. The maximum atomic E-state index is 12.3. The van der Waals surface area contributed by atoms with Gasteiger partial charge in [0.05, 0.1) is 4.90 Å². The van der Waals surface area contributed by atoms with Gasteiger partial charge in [-0.25, -0.2) is 13.1 Å². The van der Waals surface area contributed by atoms with Crippen molar-refractivity contribution in [1.29, 1.82) is 0 Å². The van der Waals surface area contributed by atoms with Crippen molar-refractivity contribution in [1.82, 2.24) is 4.72 Å². The molecular weight excluding hydrogens is 302 g/mol. The Balaban J connectivity index is 1.77. The Kier molecular flexibility index (Phi) is 3.56. The number of ether oxygens (including phenoxy) is 2. The molecule has 0 spiro atoms. The van der Waals surface area contributed by atoms with Gasteiger partial charge in [-0.3, -0.25) is 0 Å². The number of alkyl halides is 1. The van der Waals surface area contributed by atoms with E-state index in [2.05, 4.69) is 4.72 Å². The van der Waals surface area contributed by atoms with E-state index in [0.717, 1.165) is 12.8 Å². The predicted molar refractivity (Wildman–Crippen MR) is 75.0 cm³/mol. The predicted octanol–water partition coefficient (Wildman–Crippen LogP) is 1.76. The summed E-state index contributed by atoms with van der Waals surface area (Å²) < 4.78 is 37.9. The fourth-order valence-corrected chi connectivity index (χ4v) is 3.59. The Morgan fingerprint density at radius 1 is 1.20 bits per heavy atom. The maximum Gasteiger partial charge on any atom is 0.240 e. The molecule has 2 aliphatic rings. The molecule has 1 fully saturated rings. The number of rotatable bonds is 5. The topological polar surface area (TPSA) is 64.6 Å². The number of hydrogen-bond donors (Lipinski definition) is 1. The summed E-state index contributed by atoms with van der Waals surface area (Å²) in [7, 11) is -3.54. The maximum absolute atomic E-state index is 12.3. The van der Waals surface area contributed by atoms with E-state index >= 15 is 0 Å². The normalized spacial score (nSPS) is 19.6. The second kappa shape index (κ2) is 5.09. The summed E-state index contributed by atoms with van der Waals surface area (Å²) in [6.07, 6.45) is 1.94. The number of benzene rings is 1. The van der Waals surface area contributed by atoms with E-state index in [1.54, 1.807) is 6.07 Å². The molecule has 20 heavy (non-hydrogen) atoms. The van der Waals surface area contributed by atoms with Crippen LogP contribution in [0.3, 0.4) is 0 Å². The van der Waals surface area contributed by atoms with Crippen LogP contribution in [0.5, 0.6) is 11.5 Å². The summed E-state index contributed by atoms with van der Waals surface area (Å²) in [4.78, 5) is 0.187. The molecule has 0 amide bonds. The minimum atomic E-state index is -3.54. The Hall–Kier alpha value is -0.980. The van der Waals surface area contributed by atoms with Gasteiger partial charge in [0, 0.05) is 18.5 Å². The summed E-state index contributed by atoms with van der Waals surface area (Å²) in [6.45, 7) is 1.29. The fourth-order valence-electron chi connectivity index (χ4n) is 2.06. The zero-order chi connectivity index (χ0) is 14.2. The molecule has 1 N–H and O–H groups in total. The highest BCUT2D eigenvalue weighted by molar-refractivity contribution is 7.89. The van der Waals surface area contributed by atoms with E-state index in [9.17, 15) is 8.42 Å². The zero-order valence-electron chi connectivity index (χ0n) is 10.9. The molecule has 0 bridgehead atoms. The van der Waals surface area contributed by atoms with Crippen molar-refractivity contribution in [2.24, 2.45) is 5.41 Å². The van der Waals surface area contributed by atoms with Gasteiger partial charge in [0.2, 0.25) is 10.0 Å². The molecule has 1 aliphatic heterocycles. The van der Waals surface area contributed by atoms with Crippen LogP contribution in [0.1, 0.15) is 12.8 Å². The molecule has 1 aromatic rings. The highest BCUT2D eigenvalue weighted by Crippen LogP contribution is 2.46. The van der Waals surface area contributed by atoms with Gasteiger partial charge in [-0.05, 0) is 30.4 Å². The first-order chi connectivity index (χ1) is 9.55. The molecule has 7 heteroatoms. The summed E-state index contributed by atoms with van der Waals surface area (Å²) in [5.41, 5.74) is -0.0531. The Labute approximate surface area is 123 Å². The van der Waals surface area contributed by atoms with Crippen LogP contribution in [0.2, 0.25) is 0 Å². The third kappa shape index (κ3) is 2.73. The van der Waals surface area contributed by atoms with Gasteiger partial charge < -0.3 is 9.47 Å². The quantitative estimate of drug-likeness (QED) is 0.840. The van der Waals surface area contributed by atoms with Crippen molar-refractivity contribution >= 4 is 21.6 Å². The molecule has 0 atom stereocenters. The summed E-state index contributed by atoms with van der Waals surface area (Å²) in [5.74, 6) is 1.53. The van der Waals surface area contributed by atoms with Crippen LogP contribution >= 0.6 is 11.6 Å². The van der Waals surface area contributed by atoms with Crippen LogP contribution in [0, 0.1) is 5.41 Å². The Morgan fingerprint density at radius 2 is 1.90 bits per heavy atom. The van der Waals surface area contributed by atoms with E-state index in [4.69, 9.17) is 21.1 Å². The highest BCUT2D eigenvalue weighted by atomic mass is 35.5. The van der Waals surface area contributed by atoms with Gasteiger partial charge in [-0.2, -0.15) is 0 Å². The third-order valence-corrected chi connectivity index (χ3v) is 5.67. The molecule has 3 rings (SSSR count). The lowest BCUT2D eigenvalue weighted by Gasteiger charge is -2.19. The van der Waals surface area contributed by atoms with Gasteiger partial charge in [-0.1, -0.05) is 0 Å². The average Bonchev–Trinajstić information content (AvgIpc) is 3.25. The van der Waals surface area contributed by atoms with Crippen LogP contribution in [0.15, 0.2) is 23.1 Å². The molecule has 1 aromatic carbocycles. The van der Waals surface area contributed by atoms with Gasteiger partial charge in [0.25, 0.3) is 0 Å². The first-order valence-corrected chi connectivity index (χ1v) is 8.52. The molecule has 0 radical (unpaired) electrons. The van der Waals surface area contributed by atoms with E-state index in [1.165, 1.54) is 12.1 Å². The number of hydrogen-bond acceptors (Lipinski definition) is 4. The van der Waals surface area contributed by atoms with Crippen molar-refractivity contribution in [3.8, 4) is 11.5 Å². The first-order valence-electron chi connectivity index (χ1n) is 6.50. The minimum absolute atomic E-state index is 0.0531. The van der Waals surface area contributed by atoms with E-state index < -0.39 is 10.0 Å². The molecule has 0 aromatic heterocycles. The van der Waals surface area contributed by atoms with Crippen LogP contribution in [-0.4, -0.2) is 34.1 Å². The summed E-state index contributed by atoms with van der Waals surface area (Å²) in [6, 6.07) is 4.64. The van der Waals surface area contributed by atoms with E-state index in [1.807, 2.05) is 0 Å². The van der Waals surface area contributed by atoms with Gasteiger partial charge >= 0.3 is 0 Å². The lowest BCUT2D eigenvalue weighted by molar-refractivity contribution is 0.171. The third-order valence-electron chi connectivity index (χ3n) is 3.70. The number of halogens is 1. The zero-order valence-corrected chi connectivity index (χ0v) is 12.5. The molecular formula is C13H16ClNO4S. The number of sulfonamides is 1.